The van der Waals surface area contributed by atoms with Crippen molar-refractivity contribution in [3.05, 3.63) is 35.9 Å². The Labute approximate surface area is 311 Å². The first-order valence-corrected chi connectivity index (χ1v) is 18.8. The number of likely N-dealkylation sites (tertiary alicyclic amines) is 1. The molecule has 1 heterocycles. The van der Waals surface area contributed by atoms with Crippen molar-refractivity contribution in [2.24, 2.45) is 17.8 Å². The van der Waals surface area contributed by atoms with Crippen LogP contribution < -0.4 is 10.6 Å². The number of nitrogens with zero attached hydrogens (tertiary/aromatic N) is 3. The molecule has 1 aromatic rings. The van der Waals surface area contributed by atoms with Crippen molar-refractivity contribution in [3.63, 3.8) is 0 Å². The molecule has 10 atom stereocenters. The summed E-state index contributed by atoms with van der Waals surface area (Å²) in [5, 5.41) is 26.1. The number of hydrogen-bond donors (Lipinski definition) is 4. The summed E-state index contributed by atoms with van der Waals surface area (Å²) in [6.07, 6.45) is 0.424. The minimum Gasteiger partial charge on any atom is -0.394 e. The number of rotatable bonds is 21. The van der Waals surface area contributed by atoms with Crippen LogP contribution in [-0.2, 0) is 35.1 Å². The van der Waals surface area contributed by atoms with Gasteiger partial charge in [0.2, 0.25) is 23.6 Å². The van der Waals surface area contributed by atoms with E-state index in [0.717, 1.165) is 12.0 Å². The lowest BCUT2D eigenvalue weighted by Crippen LogP contribution is -2.60. The van der Waals surface area contributed by atoms with Crippen LogP contribution in [0.15, 0.2) is 30.3 Å². The Balaban J connectivity index is 2.25. The van der Waals surface area contributed by atoms with Crippen LogP contribution in [0.2, 0.25) is 0 Å². The van der Waals surface area contributed by atoms with Crippen LogP contribution in [-0.4, -0.2) is 146 Å². The van der Waals surface area contributed by atoms with Crippen LogP contribution in [0.3, 0.4) is 0 Å². The topological polar surface area (TPSA) is 161 Å². The van der Waals surface area contributed by atoms with Crippen LogP contribution in [0.5, 0.6) is 0 Å². The van der Waals surface area contributed by atoms with Crippen LogP contribution in [0, 0.1) is 17.8 Å². The van der Waals surface area contributed by atoms with Crippen LogP contribution >= 0.6 is 0 Å². The molecule has 296 valence electrons. The van der Waals surface area contributed by atoms with Gasteiger partial charge >= 0.3 is 0 Å². The number of nitrogens with one attached hydrogen (secondary N) is 2. The molecular formula is C39H67N5O8. The number of ether oxygens (including phenoxy) is 2. The Kier molecular flexibility index (Phi) is 18.7. The van der Waals surface area contributed by atoms with Gasteiger partial charge in [0, 0.05) is 27.8 Å². The monoisotopic (exact) mass is 733 g/mol. The summed E-state index contributed by atoms with van der Waals surface area (Å²) >= 11 is 0. The second-order valence-corrected chi connectivity index (χ2v) is 15.0. The summed E-state index contributed by atoms with van der Waals surface area (Å²) in [4.78, 5) is 60.0. The first-order valence-electron chi connectivity index (χ1n) is 18.8. The van der Waals surface area contributed by atoms with Crippen LogP contribution in [0.4, 0.5) is 0 Å². The molecule has 13 heteroatoms. The normalized spacial score (nSPS) is 20.0. The quantitative estimate of drug-likeness (QED) is 0.148. The molecule has 0 spiro atoms. The van der Waals surface area contributed by atoms with Gasteiger partial charge in [0.15, 0.2) is 0 Å². The van der Waals surface area contributed by atoms with Gasteiger partial charge in [-0.05, 0) is 57.7 Å². The number of likely N-dealkylation sites (N-methyl/N-ethyl adjacent to an activating group) is 2. The summed E-state index contributed by atoms with van der Waals surface area (Å²) in [5.41, 5.74) is 1.000. The smallest absolute Gasteiger partial charge is 0.245 e. The lowest BCUT2D eigenvalue weighted by molar-refractivity contribution is -0.148. The van der Waals surface area contributed by atoms with E-state index in [0.29, 0.717) is 25.8 Å². The first-order chi connectivity index (χ1) is 24.5. The molecule has 13 nitrogen and oxygen atoms in total. The highest BCUT2D eigenvalue weighted by Crippen LogP contribution is 2.29. The van der Waals surface area contributed by atoms with Gasteiger partial charge in [-0.1, -0.05) is 71.4 Å². The fraction of sp³-hybridized carbons (Fsp3) is 0.744. The molecule has 0 bridgehead atoms. The summed E-state index contributed by atoms with van der Waals surface area (Å²) < 4.78 is 11.9. The van der Waals surface area contributed by atoms with Gasteiger partial charge in [0.1, 0.15) is 12.1 Å². The van der Waals surface area contributed by atoms with Crippen molar-refractivity contribution >= 4 is 23.6 Å². The Morgan fingerprint density at radius 2 is 1.60 bits per heavy atom. The molecule has 1 aliphatic heterocycles. The largest absolute Gasteiger partial charge is 0.394 e. The van der Waals surface area contributed by atoms with E-state index in [1.807, 2.05) is 58.0 Å². The predicted octanol–water partition coefficient (Wildman–Crippen LogP) is 2.08. The predicted molar refractivity (Wildman–Crippen MR) is 201 cm³/mol. The molecule has 0 unspecified atom stereocenters. The van der Waals surface area contributed by atoms with Crippen molar-refractivity contribution in [2.75, 3.05) is 48.5 Å². The van der Waals surface area contributed by atoms with Crippen molar-refractivity contribution in [1.82, 2.24) is 25.3 Å². The van der Waals surface area contributed by atoms with Crippen molar-refractivity contribution in [2.45, 2.75) is 122 Å². The van der Waals surface area contributed by atoms with Crippen molar-refractivity contribution in [3.8, 4) is 0 Å². The summed E-state index contributed by atoms with van der Waals surface area (Å²) in [6, 6.07) is 6.64. The third kappa shape index (κ3) is 12.0. The second kappa shape index (κ2) is 21.6. The molecule has 52 heavy (non-hydrogen) atoms. The van der Waals surface area contributed by atoms with E-state index >= 15 is 0 Å². The number of aliphatic hydroxyl groups excluding tert-OH is 2. The van der Waals surface area contributed by atoms with E-state index < -0.39 is 54.3 Å². The van der Waals surface area contributed by atoms with Gasteiger partial charge in [-0.25, -0.2) is 0 Å². The third-order valence-corrected chi connectivity index (χ3v) is 10.7. The highest BCUT2D eigenvalue weighted by Gasteiger charge is 2.43. The molecular weight excluding hydrogens is 666 g/mol. The highest BCUT2D eigenvalue weighted by molar-refractivity contribution is 5.90. The first kappa shape index (κ1) is 45.1. The Bertz CT molecular complexity index is 1260. The van der Waals surface area contributed by atoms with E-state index in [1.165, 1.54) is 14.0 Å². The van der Waals surface area contributed by atoms with Crippen molar-refractivity contribution in [1.29, 1.82) is 0 Å². The van der Waals surface area contributed by atoms with Gasteiger partial charge in [-0.3, -0.25) is 24.1 Å². The fourth-order valence-electron chi connectivity index (χ4n) is 7.56. The van der Waals surface area contributed by atoms with Crippen molar-refractivity contribution < 1.29 is 38.9 Å². The van der Waals surface area contributed by atoms with E-state index in [9.17, 15) is 29.4 Å². The SMILES string of the molecule is CC[C@H](C)[C@@H]([C@@H](CC(=O)N1CCC[C@H]1[C@H](OC)[C@@H](C)C(=O)N[C@H](CO)Cc1ccccc1)OC)N(C)C(=O)[C@@H](NC(=O)[C@H]([C@@H](C)O)N(C)C)C(C)C. The van der Waals surface area contributed by atoms with E-state index in [-0.39, 0.29) is 48.6 Å². The second-order valence-electron chi connectivity index (χ2n) is 15.0. The Hall–Kier alpha value is -3.10. The van der Waals surface area contributed by atoms with E-state index in [2.05, 4.69) is 10.6 Å². The average molecular weight is 734 g/mol. The molecule has 1 aromatic carbocycles. The number of carbonyl (C=O) groups excluding carboxylic acids is 4. The third-order valence-electron chi connectivity index (χ3n) is 10.7. The minimum absolute atomic E-state index is 0.00371. The molecule has 0 saturated carbocycles. The average Bonchev–Trinajstić information content (AvgIpc) is 3.59. The van der Waals surface area contributed by atoms with Gasteiger partial charge in [0.25, 0.3) is 0 Å². The summed E-state index contributed by atoms with van der Waals surface area (Å²) in [7, 11) is 8.17. The molecule has 2 rings (SSSR count). The zero-order valence-corrected chi connectivity index (χ0v) is 33.4. The minimum atomic E-state index is -0.950. The van der Waals surface area contributed by atoms with E-state index in [4.69, 9.17) is 9.47 Å². The van der Waals surface area contributed by atoms with Gasteiger partial charge < -0.3 is 40.1 Å². The number of carbonyl (C=O) groups is 4. The fourth-order valence-corrected chi connectivity index (χ4v) is 7.56. The zero-order chi connectivity index (χ0) is 39.3. The molecule has 0 aromatic heterocycles. The molecule has 0 aliphatic carbocycles. The van der Waals surface area contributed by atoms with Crippen LogP contribution in [0.25, 0.3) is 0 Å². The number of amides is 4. The maximum absolute atomic E-state index is 14.1. The number of benzene rings is 1. The number of aliphatic hydroxyl groups is 2. The molecule has 1 fully saturated rings. The highest BCUT2D eigenvalue weighted by atomic mass is 16.5. The molecule has 0 radical (unpaired) electrons. The molecule has 4 N–H and O–H groups in total. The molecule has 1 saturated heterocycles. The lowest BCUT2D eigenvalue weighted by Gasteiger charge is -2.41. The van der Waals surface area contributed by atoms with Gasteiger partial charge in [0.05, 0.1) is 55.4 Å². The summed E-state index contributed by atoms with van der Waals surface area (Å²) in [6.45, 7) is 11.4. The molecule has 1 aliphatic rings. The van der Waals surface area contributed by atoms with Gasteiger partial charge in [-0.15, -0.1) is 0 Å². The Morgan fingerprint density at radius 1 is 0.962 bits per heavy atom. The zero-order valence-electron chi connectivity index (χ0n) is 33.4. The summed E-state index contributed by atoms with van der Waals surface area (Å²) in [5.74, 6) is -2.08. The number of methoxy groups -OCH3 is 2. The maximum atomic E-state index is 14.1. The van der Waals surface area contributed by atoms with Crippen LogP contribution in [0.1, 0.15) is 72.8 Å². The van der Waals surface area contributed by atoms with E-state index in [1.54, 1.807) is 49.9 Å². The lowest BCUT2D eigenvalue weighted by atomic mass is 9.89. The molecule has 4 amide bonds. The number of hydrogen-bond acceptors (Lipinski definition) is 9. The standard InChI is InChI=1S/C39H67N5O8/c1-12-25(4)34(43(9)39(50)33(24(2)3)41-38(49)35(27(6)46)42(7)8)31(51-10)22-32(47)44-20-16-19-30(44)36(52-11)26(5)37(48)40-29(23-45)21-28-17-14-13-15-18-28/h13-15,17-18,24-27,29-31,33-36,45-46H,12,16,19-23H2,1-11H3,(H,40,48)(H,41,49)/t25-,26+,27+,29-,30-,31+,33-,34-,35-,36+/m0/s1. The van der Waals surface area contributed by atoms with Gasteiger partial charge in [-0.2, -0.15) is 0 Å². The maximum Gasteiger partial charge on any atom is 0.245 e. The Morgan fingerprint density at radius 3 is 2.10 bits per heavy atom.